The molecule has 0 spiro atoms. The van der Waals surface area contributed by atoms with Crippen molar-refractivity contribution < 1.29 is 23.8 Å². The van der Waals surface area contributed by atoms with Crippen LogP contribution < -0.4 is 9.80 Å². The molecule has 168 valence electrons. The van der Waals surface area contributed by atoms with E-state index in [9.17, 15) is 9.18 Å². The number of rotatable bonds is 8. The minimum atomic E-state index is -0.508. The van der Waals surface area contributed by atoms with Crippen molar-refractivity contribution in [3.63, 3.8) is 0 Å². The zero-order valence-corrected chi connectivity index (χ0v) is 17.5. The topological polar surface area (TPSA) is 96.2 Å². The van der Waals surface area contributed by atoms with Gasteiger partial charge < -0.3 is 19.5 Å². The summed E-state index contributed by atoms with van der Waals surface area (Å²) in [7, 11) is 1.88. The summed E-state index contributed by atoms with van der Waals surface area (Å²) in [5, 5.41) is 17.2. The van der Waals surface area contributed by atoms with E-state index >= 15 is 0 Å². The molecule has 10 nitrogen and oxygen atoms in total. The number of hydrogen-bond donors (Lipinski definition) is 1. The van der Waals surface area contributed by atoms with Gasteiger partial charge in [-0.15, -0.1) is 5.10 Å². The monoisotopic (exact) mass is 434 g/mol. The molecule has 0 bridgehead atoms. The number of anilines is 2. The molecule has 0 radical (unpaired) electrons. The second kappa shape index (κ2) is 9.58. The quantitative estimate of drug-likeness (QED) is 0.649. The predicted molar refractivity (Wildman–Crippen MR) is 110 cm³/mol. The van der Waals surface area contributed by atoms with Crippen LogP contribution in [-0.4, -0.2) is 90.2 Å². The summed E-state index contributed by atoms with van der Waals surface area (Å²) in [4.78, 5) is 17.7. The highest BCUT2D eigenvalue weighted by atomic mass is 19.1. The van der Waals surface area contributed by atoms with Crippen molar-refractivity contribution in [3.8, 4) is 0 Å². The van der Waals surface area contributed by atoms with E-state index in [0.29, 0.717) is 63.9 Å². The van der Waals surface area contributed by atoms with Gasteiger partial charge in [-0.3, -0.25) is 9.80 Å². The molecule has 2 aromatic rings. The van der Waals surface area contributed by atoms with Gasteiger partial charge in [0.1, 0.15) is 11.9 Å². The lowest BCUT2D eigenvalue weighted by atomic mass is 10.2. The van der Waals surface area contributed by atoms with E-state index in [2.05, 4.69) is 10.3 Å². The van der Waals surface area contributed by atoms with E-state index in [1.165, 1.54) is 11.0 Å². The number of cyclic esters (lactones) is 1. The Morgan fingerprint density at radius 3 is 2.87 bits per heavy atom. The molecule has 3 heterocycles. The number of likely N-dealkylation sites (N-methyl/N-ethyl adjacent to an activating group) is 1. The van der Waals surface area contributed by atoms with Crippen LogP contribution in [0.5, 0.6) is 0 Å². The Morgan fingerprint density at radius 2 is 2.13 bits per heavy atom. The van der Waals surface area contributed by atoms with Gasteiger partial charge in [-0.2, -0.15) is 0 Å². The maximum Gasteiger partial charge on any atom is 0.414 e. The largest absolute Gasteiger partial charge is 0.442 e. The second-order valence-corrected chi connectivity index (χ2v) is 7.74. The summed E-state index contributed by atoms with van der Waals surface area (Å²) >= 11 is 0. The minimum Gasteiger partial charge on any atom is -0.442 e. The zero-order chi connectivity index (χ0) is 21.8. The molecule has 2 aliphatic rings. The van der Waals surface area contributed by atoms with Crippen LogP contribution in [0.3, 0.4) is 0 Å². The van der Waals surface area contributed by atoms with Gasteiger partial charge in [-0.1, -0.05) is 5.21 Å². The molecule has 4 rings (SSSR count). The molecular weight excluding hydrogens is 407 g/mol. The molecular formula is C20H27FN6O4. The van der Waals surface area contributed by atoms with Crippen molar-refractivity contribution in [2.24, 2.45) is 0 Å². The number of amides is 1. The molecule has 0 aliphatic carbocycles. The molecule has 0 saturated carbocycles. The third-order valence-electron chi connectivity index (χ3n) is 5.36. The Bertz CT molecular complexity index is 904. The fourth-order valence-electron chi connectivity index (χ4n) is 3.79. The predicted octanol–water partition coefficient (Wildman–Crippen LogP) is 0.703. The van der Waals surface area contributed by atoms with E-state index < -0.39 is 12.2 Å². The lowest BCUT2D eigenvalue weighted by molar-refractivity contribution is 0.122. The van der Waals surface area contributed by atoms with Gasteiger partial charge in [0.15, 0.2) is 0 Å². The lowest BCUT2D eigenvalue weighted by Crippen LogP contribution is -2.36. The number of carbonyl (C=O) groups is 1. The van der Waals surface area contributed by atoms with Crippen molar-refractivity contribution >= 4 is 17.5 Å². The Balaban J connectivity index is 1.37. The molecule has 31 heavy (non-hydrogen) atoms. The number of ether oxygens (including phenoxy) is 2. The van der Waals surface area contributed by atoms with Crippen LogP contribution >= 0.6 is 0 Å². The smallest absolute Gasteiger partial charge is 0.414 e. The summed E-state index contributed by atoms with van der Waals surface area (Å²) in [6, 6.07) is 4.81. The number of morpholine rings is 1. The SMILES string of the molecule is CN(CCO)Cc1cn(C[C@H]2CN(c3ccc(N4CCOCC4)c(F)c3)C(=O)O2)nn1. The first-order valence-corrected chi connectivity index (χ1v) is 10.3. The molecule has 1 aromatic carbocycles. The number of aliphatic hydroxyl groups excluding tert-OH is 1. The van der Waals surface area contributed by atoms with Gasteiger partial charge in [0.2, 0.25) is 0 Å². The first-order valence-electron chi connectivity index (χ1n) is 10.3. The minimum absolute atomic E-state index is 0.0759. The highest BCUT2D eigenvalue weighted by Crippen LogP contribution is 2.28. The van der Waals surface area contributed by atoms with E-state index in [-0.39, 0.29) is 12.4 Å². The number of hydrogen-bond acceptors (Lipinski definition) is 8. The van der Waals surface area contributed by atoms with Crippen LogP contribution in [0.1, 0.15) is 5.69 Å². The van der Waals surface area contributed by atoms with Crippen LogP contribution in [0.4, 0.5) is 20.6 Å². The van der Waals surface area contributed by atoms with Gasteiger partial charge in [0.25, 0.3) is 0 Å². The summed E-state index contributed by atoms with van der Waals surface area (Å²) in [6.07, 6.45) is 0.868. The standard InChI is InChI=1S/C20H27FN6O4/c1-24(4-7-28)11-15-12-26(23-22-15)13-17-14-27(20(29)31-17)16-2-3-19(18(21)10-16)25-5-8-30-9-6-25/h2-3,10,12,17,28H,4-9,11,13-14H2,1H3/t17-/m0/s1. The summed E-state index contributed by atoms with van der Waals surface area (Å²) in [6.45, 7) is 4.26. The van der Waals surface area contributed by atoms with Crippen LogP contribution in [0.25, 0.3) is 0 Å². The summed E-state index contributed by atoms with van der Waals surface area (Å²) < 4.78 is 27.1. The third kappa shape index (κ3) is 5.12. The van der Waals surface area contributed by atoms with Gasteiger partial charge in [-0.05, 0) is 25.2 Å². The molecule has 2 fully saturated rings. The van der Waals surface area contributed by atoms with E-state index in [1.807, 2.05) is 16.8 Å². The Morgan fingerprint density at radius 1 is 1.32 bits per heavy atom. The zero-order valence-electron chi connectivity index (χ0n) is 17.5. The lowest BCUT2D eigenvalue weighted by Gasteiger charge is -2.29. The average molecular weight is 434 g/mol. The first-order chi connectivity index (χ1) is 15.0. The molecule has 0 unspecified atom stereocenters. The van der Waals surface area contributed by atoms with Crippen molar-refractivity contribution in [2.45, 2.75) is 19.2 Å². The number of benzene rings is 1. The molecule has 2 saturated heterocycles. The van der Waals surface area contributed by atoms with E-state index in [1.54, 1.807) is 23.0 Å². The van der Waals surface area contributed by atoms with Gasteiger partial charge in [-0.25, -0.2) is 13.9 Å². The van der Waals surface area contributed by atoms with E-state index in [4.69, 9.17) is 14.6 Å². The molecule has 2 aliphatic heterocycles. The van der Waals surface area contributed by atoms with E-state index in [0.717, 1.165) is 5.69 Å². The third-order valence-corrected chi connectivity index (χ3v) is 5.36. The Hall–Kier alpha value is -2.76. The van der Waals surface area contributed by atoms with Gasteiger partial charge in [0.05, 0.1) is 50.0 Å². The highest BCUT2D eigenvalue weighted by Gasteiger charge is 2.33. The normalized spacial score (nSPS) is 19.4. The maximum absolute atomic E-state index is 14.7. The highest BCUT2D eigenvalue weighted by molar-refractivity contribution is 5.90. The first kappa shape index (κ1) is 21.5. The van der Waals surface area contributed by atoms with Crippen LogP contribution in [0, 0.1) is 5.82 Å². The molecule has 1 atom stereocenters. The van der Waals surface area contributed by atoms with Crippen molar-refractivity contribution in [1.29, 1.82) is 0 Å². The average Bonchev–Trinajstić information content (AvgIpc) is 3.34. The van der Waals surface area contributed by atoms with Crippen LogP contribution in [0.15, 0.2) is 24.4 Å². The van der Waals surface area contributed by atoms with Crippen molar-refractivity contribution in [1.82, 2.24) is 19.9 Å². The van der Waals surface area contributed by atoms with Gasteiger partial charge >= 0.3 is 6.09 Å². The molecule has 1 N–H and O–H groups in total. The van der Waals surface area contributed by atoms with Crippen molar-refractivity contribution in [3.05, 3.63) is 35.9 Å². The Kier molecular flexibility index (Phi) is 6.64. The number of carbonyl (C=O) groups excluding carboxylic acids is 1. The fourth-order valence-corrected chi connectivity index (χ4v) is 3.79. The maximum atomic E-state index is 14.7. The molecule has 1 aromatic heterocycles. The fraction of sp³-hybridized carbons (Fsp3) is 0.550. The Labute approximate surface area is 179 Å². The number of aromatic nitrogens is 3. The summed E-state index contributed by atoms with van der Waals surface area (Å²) in [5.74, 6) is -0.372. The molecule has 11 heteroatoms. The van der Waals surface area contributed by atoms with Crippen LogP contribution in [-0.2, 0) is 22.6 Å². The van der Waals surface area contributed by atoms with Crippen molar-refractivity contribution in [2.75, 3.05) is 62.8 Å². The number of halogens is 1. The number of nitrogens with zero attached hydrogens (tertiary/aromatic N) is 6. The van der Waals surface area contributed by atoms with Crippen LogP contribution in [0.2, 0.25) is 0 Å². The van der Waals surface area contributed by atoms with Gasteiger partial charge in [0, 0.05) is 32.4 Å². The number of aliphatic hydroxyl groups is 1. The summed E-state index contributed by atoms with van der Waals surface area (Å²) in [5.41, 5.74) is 1.74. The molecule has 1 amide bonds. The second-order valence-electron chi connectivity index (χ2n) is 7.74.